The maximum atomic E-state index is 12.1. The lowest BCUT2D eigenvalue weighted by Crippen LogP contribution is -2.49. The number of nitro benzene ring substituents is 1. The molecule has 132 valence electrons. The van der Waals surface area contributed by atoms with Crippen LogP contribution in [-0.2, 0) is 4.74 Å². The number of hydrazine groups is 1. The Balaban J connectivity index is 2.69. The number of hydrogen-bond donors (Lipinski definition) is 3. The SMILES string of the molecule is CCOc1ccc(C(=O)NNC(=S)N[C@@H](C)COC)cc1[N+](=O)[O-]. The number of carbonyl (C=O) groups is 1. The second-order valence-electron chi connectivity index (χ2n) is 4.78. The number of hydrogen-bond acceptors (Lipinski definition) is 6. The first-order chi connectivity index (χ1) is 11.4. The van der Waals surface area contributed by atoms with E-state index < -0.39 is 10.8 Å². The minimum Gasteiger partial charge on any atom is -0.487 e. The van der Waals surface area contributed by atoms with Gasteiger partial charge < -0.3 is 14.8 Å². The van der Waals surface area contributed by atoms with E-state index in [-0.39, 0.29) is 34.8 Å². The molecule has 24 heavy (non-hydrogen) atoms. The average Bonchev–Trinajstić information content (AvgIpc) is 2.53. The van der Waals surface area contributed by atoms with E-state index in [0.29, 0.717) is 6.61 Å². The molecule has 0 aliphatic carbocycles. The molecule has 3 N–H and O–H groups in total. The molecule has 1 aromatic carbocycles. The van der Waals surface area contributed by atoms with E-state index >= 15 is 0 Å². The molecule has 1 aromatic rings. The molecule has 9 nitrogen and oxygen atoms in total. The van der Waals surface area contributed by atoms with E-state index in [1.54, 1.807) is 14.0 Å². The van der Waals surface area contributed by atoms with Gasteiger partial charge in [0.1, 0.15) is 0 Å². The van der Waals surface area contributed by atoms with Crippen molar-refractivity contribution in [2.75, 3.05) is 20.3 Å². The summed E-state index contributed by atoms with van der Waals surface area (Å²) in [6, 6.07) is 3.91. The van der Waals surface area contributed by atoms with Crippen LogP contribution in [0.25, 0.3) is 0 Å². The van der Waals surface area contributed by atoms with Crippen LogP contribution in [0.1, 0.15) is 24.2 Å². The predicted octanol–water partition coefficient (Wildman–Crippen LogP) is 1.14. The maximum absolute atomic E-state index is 12.1. The van der Waals surface area contributed by atoms with Crippen LogP contribution in [0.2, 0.25) is 0 Å². The Labute approximate surface area is 144 Å². The number of rotatable bonds is 7. The van der Waals surface area contributed by atoms with E-state index in [1.807, 2.05) is 6.92 Å². The number of amides is 1. The number of nitro groups is 1. The van der Waals surface area contributed by atoms with Gasteiger partial charge in [0, 0.05) is 24.8 Å². The molecule has 0 aliphatic heterocycles. The third kappa shape index (κ3) is 5.97. The Hall–Kier alpha value is -2.46. The lowest BCUT2D eigenvalue weighted by atomic mass is 10.2. The van der Waals surface area contributed by atoms with Crippen LogP contribution >= 0.6 is 12.2 Å². The van der Waals surface area contributed by atoms with Gasteiger partial charge in [0.2, 0.25) is 0 Å². The quantitative estimate of drug-likeness (QED) is 0.378. The first kappa shape index (κ1) is 19.6. The van der Waals surface area contributed by atoms with Gasteiger partial charge in [-0.15, -0.1) is 0 Å². The molecule has 0 radical (unpaired) electrons. The lowest BCUT2D eigenvalue weighted by Gasteiger charge is -2.16. The van der Waals surface area contributed by atoms with Crippen molar-refractivity contribution in [3.8, 4) is 5.75 Å². The third-order valence-corrected chi connectivity index (χ3v) is 3.02. The molecule has 1 amide bonds. The normalized spacial score (nSPS) is 11.3. The Kier molecular flexibility index (Phi) is 7.86. The topological polar surface area (TPSA) is 115 Å². The molecular formula is C14H20N4O5S. The lowest BCUT2D eigenvalue weighted by molar-refractivity contribution is -0.385. The van der Waals surface area contributed by atoms with Gasteiger partial charge in [0.15, 0.2) is 10.9 Å². The molecule has 10 heteroatoms. The van der Waals surface area contributed by atoms with Crippen molar-refractivity contribution in [1.82, 2.24) is 16.2 Å². The van der Waals surface area contributed by atoms with Crippen LogP contribution in [0.3, 0.4) is 0 Å². The zero-order valence-electron chi connectivity index (χ0n) is 13.6. The van der Waals surface area contributed by atoms with Crippen molar-refractivity contribution >= 4 is 28.9 Å². The fourth-order valence-electron chi connectivity index (χ4n) is 1.82. The van der Waals surface area contributed by atoms with E-state index in [9.17, 15) is 14.9 Å². The van der Waals surface area contributed by atoms with Crippen LogP contribution in [0, 0.1) is 10.1 Å². The highest BCUT2D eigenvalue weighted by atomic mass is 32.1. The van der Waals surface area contributed by atoms with Crippen molar-refractivity contribution in [3.05, 3.63) is 33.9 Å². The number of methoxy groups -OCH3 is 1. The van der Waals surface area contributed by atoms with Crippen LogP contribution in [0.4, 0.5) is 5.69 Å². The van der Waals surface area contributed by atoms with Gasteiger partial charge in [-0.3, -0.25) is 25.8 Å². The number of carbonyl (C=O) groups excluding carboxylic acids is 1. The standard InChI is InChI=1S/C14H20N4O5S/c1-4-23-12-6-5-10(7-11(12)18(20)21)13(19)16-17-14(24)15-9(2)8-22-3/h5-7,9H,4,8H2,1-3H3,(H,16,19)(H2,15,17,24)/t9-/m0/s1. The summed E-state index contributed by atoms with van der Waals surface area (Å²) in [6.07, 6.45) is 0. The van der Waals surface area contributed by atoms with E-state index in [0.717, 1.165) is 6.07 Å². The molecule has 0 bridgehead atoms. The van der Waals surface area contributed by atoms with E-state index in [4.69, 9.17) is 21.7 Å². The van der Waals surface area contributed by atoms with Gasteiger partial charge in [0.25, 0.3) is 5.91 Å². The third-order valence-electron chi connectivity index (χ3n) is 2.80. The fourth-order valence-corrected chi connectivity index (χ4v) is 2.07. The molecule has 0 aromatic heterocycles. The Morgan fingerprint density at radius 1 is 1.42 bits per heavy atom. The molecule has 0 heterocycles. The number of nitrogens with one attached hydrogen (secondary N) is 3. The number of ether oxygens (including phenoxy) is 2. The van der Waals surface area contributed by atoms with Gasteiger partial charge in [-0.1, -0.05) is 0 Å². The summed E-state index contributed by atoms with van der Waals surface area (Å²) >= 11 is 5.01. The Morgan fingerprint density at radius 2 is 2.12 bits per heavy atom. The number of thiocarbonyl (C=S) groups is 1. The van der Waals surface area contributed by atoms with Crippen molar-refractivity contribution in [3.63, 3.8) is 0 Å². The Morgan fingerprint density at radius 3 is 2.71 bits per heavy atom. The van der Waals surface area contributed by atoms with Gasteiger partial charge in [-0.05, 0) is 38.2 Å². The maximum Gasteiger partial charge on any atom is 0.311 e. The number of benzene rings is 1. The minimum atomic E-state index is -0.603. The smallest absolute Gasteiger partial charge is 0.311 e. The summed E-state index contributed by atoms with van der Waals surface area (Å²) in [5.74, 6) is -0.456. The molecule has 0 unspecified atom stereocenters. The highest BCUT2D eigenvalue weighted by molar-refractivity contribution is 7.80. The Bertz CT molecular complexity index is 611. The van der Waals surface area contributed by atoms with Crippen LogP contribution in [0.15, 0.2) is 18.2 Å². The highest BCUT2D eigenvalue weighted by Crippen LogP contribution is 2.27. The van der Waals surface area contributed by atoms with E-state index in [2.05, 4.69) is 16.2 Å². The summed E-state index contributed by atoms with van der Waals surface area (Å²) in [5, 5.41) is 14.2. The summed E-state index contributed by atoms with van der Waals surface area (Å²) in [5.41, 5.74) is 4.71. The van der Waals surface area contributed by atoms with Crippen molar-refractivity contribution in [1.29, 1.82) is 0 Å². The monoisotopic (exact) mass is 356 g/mol. The van der Waals surface area contributed by atoms with Gasteiger partial charge in [0.05, 0.1) is 18.1 Å². The number of nitrogens with zero attached hydrogens (tertiary/aromatic N) is 1. The van der Waals surface area contributed by atoms with Gasteiger partial charge in [-0.25, -0.2) is 0 Å². The van der Waals surface area contributed by atoms with Crippen LogP contribution in [0.5, 0.6) is 5.75 Å². The molecule has 1 rings (SSSR count). The van der Waals surface area contributed by atoms with Crippen LogP contribution < -0.4 is 20.9 Å². The first-order valence-corrected chi connectivity index (χ1v) is 7.56. The van der Waals surface area contributed by atoms with Gasteiger partial charge >= 0.3 is 5.69 Å². The zero-order chi connectivity index (χ0) is 18.1. The van der Waals surface area contributed by atoms with Crippen molar-refractivity contribution < 1.29 is 19.2 Å². The highest BCUT2D eigenvalue weighted by Gasteiger charge is 2.18. The van der Waals surface area contributed by atoms with Crippen molar-refractivity contribution in [2.45, 2.75) is 19.9 Å². The van der Waals surface area contributed by atoms with Crippen LogP contribution in [-0.4, -0.2) is 42.3 Å². The molecule has 0 spiro atoms. The molecule has 0 saturated carbocycles. The second kappa shape index (κ2) is 9.63. The first-order valence-electron chi connectivity index (χ1n) is 7.16. The minimum absolute atomic E-state index is 0.0431. The van der Waals surface area contributed by atoms with E-state index in [1.165, 1.54) is 12.1 Å². The molecule has 1 atom stereocenters. The summed E-state index contributed by atoms with van der Waals surface area (Å²) in [7, 11) is 1.56. The van der Waals surface area contributed by atoms with Crippen molar-refractivity contribution in [2.24, 2.45) is 0 Å². The predicted molar refractivity (Wildman–Crippen MR) is 91.9 cm³/mol. The summed E-state index contributed by atoms with van der Waals surface area (Å²) < 4.78 is 10.1. The second-order valence-corrected chi connectivity index (χ2v) is 5.19. The molecule has 0 saturated heterocycles. The molecule has 0 aliphatic rings. The molecule has 0 fully saturated rings. The summed E-state index contributed by atoms with van der Waals surface area (Å²) in [6.45, 7) is 4.30. The average molecular weight is 356 g/mol. The fraction of sp³-hybridized carbons (Fsp3) is 0.429. The molecular weight excluding hydrogens is 336 g/mol. The largest absolute Gasteiger partial charge is 0.487 e. The van der Waals surface area contributed by atoms with Gasteiger partial charge in [-0.2, -0.15) is 0 Å². The summed E-state index contributed by atoms with van der Waals surface area (Å²) in [4.78, 5) is 22.5. The zero-order valence-corrected chi connectivity index (χ0v) is 14.4.